The number of aromatic nitrogens is 1. The summed E-state index contributed by atoms with van der Waals surface area (Å²) in [5, 5.41) is 11.9. The molecular weight excluding hydrogens is 286 g/mol. The minimum Gasteiger partial charge on any atom is -0.396 e. The molecule has 0 radical (unpaired) electrons. The molecular formula is C11H19N3O3S2. The van der Waals surface area contributed by atoms with E-state index in [1.54, 1.807) is 6.20 Å². The van der Waals surface area contributed by atoms with Crippen LogP contribution in [0.4, 0.5) is 0 Å². The smallest absolute Gasteiger partial charge is 0.279 e. The Bertz CT molecular complexity index is 475. The van der Waals surface area contributed by atoms with Gasteiger partial charge in [0.25, 0.3) is 10.2 Å². The van der Waals surface area contributed by atoms with E-state index in [1.165, 1.54) is 15.6 Å². The molecule has 1 aromatic heterocycles. The van der Waals surface area contributed by atoms with Crippen LogP contribution in [0.15, 0.2) is 11.6 Å². The number of rotatable bonds is 6. The highest BCUT2D eigenvalue weighted by Crippen LogP contribution is 2.17. The second kappa shape index (κ2) is 6.76. The average Bonchev–Trinajstić information content (AvgIpc) is 2.92. The van der Waals surface area contributed by atoms with Crippen LogP contribution in [-0.2, 0) is 16.6 Å². The van der Waals surface area contributed by atoms with Gasteiger partial charge in [-0.3, -0.25) is 0 Å². The van der Waals surface area contributed by atoms with Gasteiger partial charge in [-0.25, -0.2) is 9.71 Å². The molecule has 0 bridgehead atoms. The van der Waals surface area contributed by atoms with E-state index in [4.69, 9.17) is 5.11 Å². The van der Waals surface area contributed by atoms with Crippen molar-refractivity contribution in [3.05, 3.63) is 16.6 Å². The molecule has 1 aliphatic heterocycles. The summed E-state index contributed by atoms with van der Waals surface area (Å²) in [5.41, 5.74) is 0. The molecule has 1 atom stereocenters. The Morgan fingerprint density at radius 3 is 3.11 bits per heavy atom. The second-order valence-electron chi connectivity index (χ2n) is 4.62. The van der Waals surface area contributed by atoms with Gasteiger partial charge < -0.3 is 5.11 Å². The molecule has 108 valence electrons. The first-order chi connectivity index (χ1) is 9.12. The summed E-state index contributed by atoms with van der Waals surface area (Å²) in [6, 6.07) is 0. The van der Waals surface area contributed by atoms with Crippen molar-refractivity contribution in [1.82, 2.24) is 14.0 Å². The van der Waals surface area contributed by atoms with Crippen molar-refractivity contribution in [2.75, 3.05) is 26.2 Å². The molecule has 0 aliphatic carbocycles. The maximum Gasteiger partial charge on any atom is 0.279 e. The molecule has 0 aromatic carbocycles. The predicted octanol–water partition coefficient (Wildman–Crippen LogP) is 0.224. The number of hydrogen-bond acceptors (Lipinski definition) is 5. The maximum atomic E-state index is 12.1. The molecule has 2 rings (SSSR count). The Labute approximate surface area is 117 Å². The van der Waals surface area contributed by atoms with Gasteiger partial charge in [0.2, 0.25) is 0 Å². The van der Waals surface area contributed by atoms with E-state index in [0.29, 0.717) is 26.1 Å². The first kappa shape index (κ1) is 14.9. The number of piperidine rings is 1. The van der Waals surface area contributed by atoms with Crippen LogP contribution in [0.5, 0.6) is 0 Å². The van der Waals surface area contributed by atoms with Crippen molar-refractivity contribution in [1.29, 1.82) is 0 Å². The van der Waals surface area contributed by atoms with Gasteiger partial charge in [0.05, 0.1) is 5.01 Å². The Morgan fingerprint density at radius 1 is 1.58 bits per heavy atom. The number of nitrogens with one attached hydrogen (secondary N) is 1. The Kier molecular flexibility index (Phi) is 5.28. The summed E-state index contributed by atoms with van der Waals surface area (Å²) in [5.74, 6) is 0.0595. The van der Waals surface area contributed by atoms with Gasteiger partial charge in [-0.15, -0.1) is 11.3 Å². The lowest BCUT2D eigenvalue weighted by Crippen LogP contribution is -2.47. The topological polar surface area (TPSA) is 82.5 Å². The van der Waals surface area contributed by atoms with Crippen LogP contribution in [0.1, 0.15) is 17.8 Å². The van der Waals surface area contributed by atoms with Crippen LogP contribution in [0.25, 0.3) is 0 Å². The van der Waals surface area contributed by atoms with Crippen LogP contribution in [0, 0.1) is 5.92 Å². The normalized spacial score (nSPS) is 21.6. The van der Waals surface area contributed by atoms with Crippen LogP contribution in [0.3, 0.4) is 0 Å². The summed E-state index contributed by atoms with van der Waals surface area (Å²) >= 11 is 1.52. The molecule has 8 heteroatoms. The van der Waals surface area contributed by atoms with Crippen LogP contribution < -0.4 is 4.72 Å². The molecule has 2 heterocycles. The quantitative estimate of drug-likeness (QED) is 0.788. The Hall–Kier alpha value is -0.540. The predicted molar refractivity (Wildman–Crippen MR) is 74.1 cm³/mol. The summed E-state index contributed by atoms with van der Waals surface area (Å²) in [7, 11) is -3.43. The van der Waals surface area contributed by atoms with Crippen molar-refractivity contribution in [3.63, 3.8) is 0 Å². The van der Waals surface area contributed by atoms with E-state index in [0.717, 1.165) is 17.8 Å². The summed E-state index contributed by atoms with van der Waals surface area (Å²) < 4.78 is 28.2. The van der Waals surface area contributed by atoms with Gasteiger partial charge in [0.1, 0.15) is 0 Å². The minimum absolute atomic E-state index is 0.0468. The lowest BCUT2D eigenvalue weighted by molar-refractivity contribution is 0.165. The van der Waals surface area contributed by atoms with Crippen LogP contribution in [0.2, 0.25) is 0 Å². The van der Waals surface area contributed by atoms with E-state index in [2.05, 4.69) is 9.71 Å². The van der Waals surface area contributed by atoms with Crippen molar-refractivity contribution in [2.45, 2.75) is 19.3 Å². The van der Waals surface area contributed by atoms with Gasteiger partial charge >= 0.3 is 0 Å². The van der Waals surface area contributed by atoms with E-state index in [9.17, 15) is 8.42 Å². The molecule has 19 heavy (non-hydrogen) atoms. The lowest BCUT2D eigenvalue weighted by atomic mass is 10.0. The molecule has 1 aliphatic rings. The standard InChI is InChI=1S/C11H19N3O3S2/c15-9-10-2-1-6-14(8-10)19(16,17)13-4-3-11-12-5-7-18-11/h5,7,10,13,15H,1-4,6,8-9H2. The fourth-order valence-corrected chi connectivity index (χ4v) is 4.09. The highest BCUT2D eigenvalue weighted by Gasteiger charge is 2.28. The van der Waals surface area contributed by atoms with Gasteiger partial charge in [-0.05, 0) is 18.8 Å². The Balaban J connectivity index is 1.83. The largest absolute Gasteiger partial charge is 0.396 e. The third kappa shape index (κ3) is 4.22. The number of nitrogens with zero attached hydrogens (tertiary/aromatic N) is 2. The minimum atomic E-state index is -3.43. The van der Waals surface area contributed by atoms with Crippen molar-refractivity contribution in [2.24, 2.45) is 5.92 Å². The molecule has 1 aromatic rings. The second-order valence-corrected chi connectivity index (χ2v) is 7.36. The third-order valence-corrected chi connectivity index (χ3v) is 5.61. The van der Waals surface area contributed by atoms with Crippen molar-refractivity contribution < 1.29 is 13.5 Å². The number of aliphatic hydroxyl groups excluding tert-OH is 1. The van der Waals surface area contributed by atoms with Gasteiger partial charge in [0, 0.05) is 44.2 Å². The van der Waals surface area contributed by atoms with Crippen molar-refractivity contribution in [3.8, 4) is 0 Å². The van der Waals surface area contributed by atoms with E-state index in [-0.39, 0.29) is 12.5 Å². The zero-order chi connectivity index (χ0) is 13.7. The summed E-state index contributed by atoms with van der Waals surface area (Å²) in [6.07, 6.45) is 4.01. The first-order valence-electron chi connectivity index (χ1n) is 6.36. The fourth-order valence-electron chi connectivity index (χ4n) is 2.15. The van der Waals surface area contributed by atoms with E-state index >= 15 is 0 Å². The average molecular weight is 305 g/mol. The summed E-state index contributed by atoms with van der Waals surface area (Å²) in [6.45, 7) is 1.34. The molecule has 0 spiro atoms. The van der Waals surface area contributed by atoms with Crippen LogP contribution in [-0.4, -0.2) is 49.1 Å². The summed E-state index contributed by atoms with van der Waals surface area (Å²) in [4.78, 5) is 4.11. The first-order valence-corrected chi connectivity index (χ1v) is 8.68. The zero-order valence-corrected chi connectivity index (χ0v) is 12.3. The number of aliphatic hydroxyl groups is 1. The molecule has 2 N–H and O–H groups in total. The zero-order valence-electron chi connectivity index (χ0n) is 10.7. The molecule has 0 saturated carbocycles. The lowest BCUT2D eigenvalue weighted by Gasteiger charge is -2.30. The van der Waals surface area contributed by atoms with E-state index < -0.39 is 10.2 Å². The Morgan fingerprint density at radius 2 is 2.42 bits per heavy atom. The molecule has 6 nitrogen and oxygen atoms in total. The van der Waals surface area contributed by atoms with E-state index in [1.807, 2.05) is 5.38 Å². The SMILES string of the molecule is O=S(=O)(NCCc1nccs1)N1CCCC(CO)C1. The van der Waals surface area contributed by atoms with Gasteiger partial charge in [-0.1, -0.05) is 0 Å². The van der Waals surface area contributed by atoms with Gasteiger partial charge in [0.15, 0.2) is 0 Å². The molecule has 1 fully saturated rings. The molecule has 1 saturated heterocycles. The van der Waals surface area contributed by atoms with Crippen molar-refractivity contribution >= 4 is 21.5 Å². The third-order valence-electron chi connectivity index (χ3n) is 3.19. The molecule has 0 amide bonds. The highest BCUT2D eigenvalue weighted by molar-refractivity contribution is 7.87. The van der Waals surface area contributed by atoms with Gasteiger partial charge in [-0.2, -0.15) is 12.7 Å². The molecule has 1 unspecified atom stereocenters. The number of hydrogen-bond donors (Lipinski definition) is 2. The fraction of sp³-hybridized carbons (Fsp3) is 0.727. The number of thiazole rings is 1. The maximum absolute atomic E-state index is 12.1. The highest BCUT2D eigenvalue weighted by atomic mass is 32.2. The van der Waals surface area contributed by atoms with Crippen LogP contribution >= 0.6 is 11.3 Å². The monoisotopic (exact) mass is 305 g/mol.